The summed E-state index contributed by atoms with van der Waals surface area (Å²) in [6, 6.07) is 0. The first-order valence-electron chi connectivity index (χ1n) is 19.5. The molecule has 0 saturated heterocycles. The Morgan fingerprint density at radius 1 is 0.262 bits per heavy atom. The number of rotatable bonds is 30. The predicted molar refractivity (Wildman–Crippen MR) is 195 cm³/mol. The Balaban J connectivity index is 1.75. The maximum Gasteiger partial charge on any atom is 0.453 e. The highest BCUT2D eigenvalue weighted by Crippen LogP contribution is 2.52. The van der Waals surface area contributed by atoms with Crippen molar-refractivity contribution in [1.82, 2.24) is 0 Å². The lowest BCUT2D eigenvalue weighted by Gasteiger charge is -2.34. The zero-order chi connectivity index (χ0) is 65.7. The summed E-state index contributed by atoms with van der Waals surface area (Å²) in [5, 5.41) is 0. The van der Waals surface area contributed by atoms with Crippen LogP contribution in [0.4, 0.5) is 154 Å². The normalized spacial score (nSPS) is 14.0. The molecule has 0 fully saturated rings. The average Bonchev–Trinajstić information content (AvgIpc) is 3.15. The Labute approximate surface area is 444 Å². The minimum Gasteiger partial charge on any atom is -0.478 e. The van der Waals surface area contributed by atoms with E-state index in [9.17, 15) is 154 Å². The fourth-order valence-corrected chi connectivity index (χ4v) is 5.37. The van der Waals surface area contributed by atoms with Crippen molar-refractivity contribution in [2.45, 2.75) is 73.3 Å². The highest BCUT2D eigenvalue weighted by atomic mass is 79.9. The van der Waals surface area contributed by atoms with E-state index in [1.165, 1.54) is 0 Å². The predicted octanol–water partition coefficient (Wildman–Crippen LogP) is 15.4. The summed E-state index contributed by atoms with van der Waals surface area (Å²) >= 11 is 1.70. The van der Waals surface area contributed by atoms with E-state index in [-0.39, 0.29) is 12.2 Å². The van der Waals surface area contributed by atoms with Crippen molar-refractivity contribution in [3.63, 3.8) is 0 Å². The smallest absolute Gasteiger partial charge is 0.453 e. The van der Waals surface area contributed by atoms with Crippen LogP contribution >= 0.6 is 15.9 Å². The van der Waals surface area contributed by atoms with Crippen LogP contribution in [0.1, 0.15) is 11.1 Å². The molecule has 0 aliphatic heterocycles. The van der Waals surface area contributed by atoms with Crippen LogP contribution in [0.2, 0.25) is 0 Å². The van der Waals surface area contributed by atoms with Gasteiger partial charge in [-0.2, -0.15) is 119 Å². The molecule has 0 saturated carbocycles. The molecule has 0 amide bonds. The molecule has 0 N–H and O–H groups in total. The highest BCUT2D eigenvalue weighted by Gasteiger charge is 2.76. The van der Waals surface area contributed by atoms with Crippen molar-refractivity contribution in [2.24, 2.45) is 0 Å². The molecule has 10 nitrogen and oxygen atoms in total. The van der Waals surface area contributed by atoms with Gasteiger partial charge < -0.3 is 18.9 Å². The third-order valence-electron chi connectivity index (χ3n) is 8.62. The largest absolute Gasteiger partial charge is 0.478 e. The van der Waals surface area contributed by atoms with Crippen LogP contribution in [0, 0.1) is 64.0 Å². The van der Waals surface area contributed by atoms with E-state index in [0.29, 0.717) is 0 Å². The number of halogens is 36. The molecule has 46 heteroatoms. The van der Waals surface area contributed by atoms with Crippen LogP contribution in [0.15, 0.2) is 17.6 Å². The van der Waals surface area contributed by atoms with Crippen molar-refractivity contribution >= 4 is 28.1 Å². The first-order chi connectivity index (χ1) is 37.4. The molecule has 0 radical (unpaired) electrons. The summed E-state index contributed by atoms with van der Waals surface area (Å²) in [5.74, 6) is -41.0. The summed E-state index contributed by atoms with van der Waals surface area (Å²) in [6.45, 7) is -8.25. The van der Waals surface area contributed by atoms with Gasteiger partial charge in [-0.25, -0.2) is 63.5 Å². The first-order valence-corrected chi connectivity index (χ1v) is 20.3. The van der Waals surface area contributed by atoms with Gasteiger partial charge in [0.05, 0.1) is 15.6 Å². The van der Waals surface area contributed by atoms with Gasteiger partial charge in [-0.3, -0.25) is 0 Å². The maximum atomic E-state index is 15.0. The van der Waals surface area contributed by atoms with E-state index in [2.05, 4.69) is 51.1 Å². The van der Waals surface area contributed by atoms with E-state index in [0.717, 1.165) is 0 Å². The monoisotopic (exact) mass is 1370 g/mol. The second-order valence-electron chi connectivity index (χ2n) is 14.8. The number of ether oxygens (including phenoxy) is 10. The summed E-state index contributed by atoms with van der Waals surface area (Å²) in [7, 11) is 0. The first kappa shape index (κ1) is 72.4. The Morgan fingerprint density at radius 2 is 0.452 bits per heavy atom. The van der Waals surface area contributed by atoms with Gasteiger partial charge >= 0.3 is 73.3 Å². The number of alkyl halides is 24. The Kier molecular flexibility index (Phi) is 20.8. The van der Waals surface area contributed by atoms with Gasteiger partial charge in [-0.1, -0.05) is 25.3 Å². The van der Waals surface area contributed by atoms with Gasteiger partial charge in [0.1, 0.15) is 0 Å². The van der Waals surface area contributed by atoms with Crippen molar-refractivity contribution < 1.29 is 201 Å². The fourth-order valence-electron chi connectivity index (χ4n) is 5.01. The number of hydrogen-bond donors (Lipinski definition) is 0. The van der Waals surface area contributed by atoms with Crippen LogP contribution < -0.4 is 18.9 Å². The molecule has 0 aliphatic rings. The van der Waals surface area contributed by atoms with Crippen molar-refractivity contribution in [1.29, 1.82) is 0 Å². The molecule has 0 heterocycles. The lowest BCUT2D eigenvalue weighted by atomic mass is 10.1. The number of hydrogen-bond acceptors (Lipinski definition) is 10. The molecule has 0 spiro atoms. The second kappa shape index (κ2) is 24.1. The van der Waals surface area contributed by atoms with E-state index < -0.39 is 202 Å². The second-order valence-corrected chi connectivity index (χ2v) is 15.6. The Bertz CT molecular complexity index is 2750. The van der Waals surface area contributed by atoms with Crippen molar-refractivity contribution in [3.8, 4) is 23.0 Å². The van der Waals surface area contributed by atoms with Crippen LogP contribution in [0.5, 0.6) is 23.0 Å². The van der Waals surface area contributed by atoms with Crippen LogP contribution in [0.25, 0.3) is 12.2 Å². The molecule has 3 aromatic carbocycles. The summed E-state index contributed by atoms with van der Waals surface area (Å²) in [4.78, 5) is 0. The summed E-state index contributed by atoms with van der Waals surface area (Å²) in [6.07, 6.45) is -86.7. The lowest BCUT2D eigenvalue weighted by Crippen LogP contribution is -2.58. The molecule has 0 bridgehead atoms. The van der Waals surface area contributed by atoms with Crippen molar-refractivity contribution in [3.05, 3.63) is 92.7 Å². The van der Waals surface area contributed by atoms with Gasteiger partial charge in [-0.05, 0) is 15.9 Å². The summed E-state index contributed by atoms with van der Waals surface area (Å²) < 4.78 is 516. The third-order valence-corrected chi connectivity index (χ3v) is 9.32. The van der Waals surface area contributed by atoms with E-state index in [1.54, 1.807) is 25.4 Å². The molecule has 0 aromatic heterocycles. The Morgan fingerprint density at radius 3 is 0.655 bits per heavy atom. The van der Waals surface area contributed by atoms with Crippen LogP contribution in [0.3, 0.4) is 0 Å². The molecule has 0 aliphatic carbocycles. The molecule has 0 atom stereocenters. The van der Waals surface area contributed by atoms with Gasteiger partial charge in [0, 0.05) is 0 Å². The standard InChI is InChI=1S/C38H14BrF35O10/c1-3-9-12(40)18(46)20(48)23(14(9)42)75-5-27(51,52)79-31(59,60)35(67,68)83-37(71,72)33(63,64)81-29(55,56)7-77-25-16(44)11(39)17(45)26(22(25)50)78-8-30(57,58)82-34(65,66)38(73,74)84-36(69,70)32(61,62)80-28(53,54)6-76-24-15(43)10(4-2)13(41)19(47)21(24)49/h3-4H,1-2,5-8H2. The van der Waals surface area contributed by atoms with Crippen LogP contribution in [-0.2, 0) is 28.4 Å². The number of benzene rings is 3. The minimum atomic E-state index is -7.76. The van der Waals surface area contributed by atoms with Gasteiger partial charge in [0.15, 0.2) is 96.0 Å². The highest BCUT2D eigenvalue weighted by molar-refractivity contribution is 9.10. The quantitative estimate of drug-likeness (QED) is 0.0365. The maximum absolute atomic E-state index is 15.0. The molecular weight excluding hydrogens is 1360 g/mol. The third kappa shape index (κ3) is 15.6. The van der Waals surface area contributed by atoms with E-state index >= 15 is 0 Å². The SMILES string of the molecule is C=Cc1c(F)c(F)c(F)c(OCC(F)(F)OC(F)(F)C(F)(F)OC(F)(F)C(F)(F)OC(F)(F)COc2c(F)c(Br)c(F)c(OCC(F)(F)OC(F)(F)C(F)(F)OC(F)(F)C(F)(F)OC(F)(F)COc3c(F)c(F)c(F)c(C=C)c3F)c2F)c1F. The minimum absolute atomic E-state index is 0.0189. The fraction of sp³-hybridized carbons (Fsp3) is 0.421. The van der Waals surface area contributed by atoms with E-state index in [4.69, 9.17) is 0 Å². The molecule has 3 aromatic rings. The molecular formula is C38H14BrF35O10. The molecule has 3 rings (SSSR count). The van der Waals surface area contributed by atoms with Gasteiger partial charge in [-0.15, -0.1) is 0 Å². The molecule has 84 heavy (non-hydrogen) atoms. The van der Waals surface area contributed by atoms with Crippen molar-refractivity contribution in [2.75, 3.05) is 26.4 Å². The van der Waals surface area contributed by atoms with Gasteiger partial charge in [0.25, 0.3) is 0 Å². The van der Waals surface area contributed by atoms with Crippen LogP contribution in [-0.4, -0.2) is 99.7 Å². The summed E-state index contributed by atoms with van der Waals surface area (Å²) in [5.41, 5.74) is -3.44. The molecule has 0 unspecified atom stereocenters. The Hall–Kier alpha value is -5.87. The lowest BCUT2D eigenvalue weighted by molar-refractivity contribution is -0.557. The van der Waals surface area contributed by atoms with E-state index in [1.807, 2.05) is 0 Å². The topological polar surface area (TPSA) is 92.3 Å². The zero-order valence-corrected chi connectivity index (χ0v) is 39.7. The van der Waals surface area contributed by atoms with Gasteiger partial charge in [0.2, 0.25) is 17.5 Å². The zero-order valence-electron chi connectivity index (χ0n) is 38.1. The average molecular weight is 1380 g/mol. The molecule has 478 valence electrons.